The van der Waals surface area contributed by atoms with E-state index in [1.807, 2.05) is 33.8 Å². The van der Waals surface area contributed by atoms with E-state index in [2.05, 4.69) is 0 Å². The summed E-state index contributed by atoms with van der Waals surface area (Å²) in [4.78, 5) is 0. The van der Waals surface area contributed by atoms with Crippen LogP contribution in [0, 0.1) is 25.6 Å². The first-order valence-corrected chi connectivity index (χ1v) is 5.93. The van der Waals surface area contributed by atoms with Gasteiger partial charge < -0.3 is 10.5 Å². The highest BCUT2D eigenvalue weighted by atomic mass is 19.1. The highest BCUT2D eigenvalue weighted by Crippen LogP contribution is 2.27. The number of hydrogen-bond donors (Lipinski definition) is 1. The van der Waals surface area contributed by atoms with E-state index in [0.29, 0.717) is 5.56 Å². The van der Waals surface area contributed by atoms with Gasteiger partial charge in [-0.15, -0.1) is 0 Å². The summed E-state index contributed by atoms with van der Waals surface area (Å²) in [5, 5.41) is 0. The lowest BCUT2D eigenvalue weighted by Crippen LogP contribution is -2.33. The quantitative estimate of drug-likeness (QED) is 0.876. The number of aryl methyl sites for hydroxylation is 2. The monoisotopic (exact) mass is 239 g/mol. The molecule has 0 bridgehead atoms. The molecule has 0 spiro atoms. The maximum Gasteiger partial charge on any atom is 0.128 e. The minimum atomic E-state index is -0.430. The average molecular weight is 239 g/mol. The van der Waals surface area contributed by atoms with Crippen molar-refractivity contribution >= 4 is 0 Å². The van der Waals surface area contributed by atoms with E-state index in [1.165, 1.54) is 6.07 Å². The van der Waals surface area contributed by atoms with E-state index in [9.17, 15) is 4.39 Å². The van der Waals surface area contributed by atoms with Crippen LogP contribution in [-0.4, -0.2) is 13.2 Å². The normalized spacial score (nSPS) is 15.1. The topological polar surface area (TPSA) is 35.2 Å². The second-order valence-corrected chi connectivity index (χ2v) is 4.95. The van der Waals surface area contributed by atoms with Crippen molar-refractivity contribution in [1.82, 2.24) is 0 Å². The van der Waals surface area contributed by atoms with Gasteiger partial charge in [0, 0.05) is 12.7 Å². The summed E-state index contributed by atoms with van der Waals surface area (Å²) in [6, 6.07) is 3.04. The van der Waals surface area contributed by atoms with Crippen LogP contribution in [0.25, 0.3) is 0 Å². The molecule has 0 saturated carbocycles. The van der Waals surface area contributed by atoms with Gasteiger partial charge in [-0.2, -0.15) is 0 Å². The Morgan fingerprint density at radius 3 is 2.24 bits per heavy atom. The Morgan fingerprint density at radius 2 is 1.82 bits per heavy atom. The Morgan fingerprint density at radius 1 is 1.24 bits per heavy atom. The van der Waals surface area contributed by atoms with E-state index in [1.54, 1.807) is 7.11 Å². The van der Waals surface area contributed by atoms with Crippen LogP contribution in [0.15, 0.2) is 12.1 Å². The zero-order valence-corrected chi connectivity index (χ0v) is 11.3. The molecule has 0 aliphatic heterocycles. The van der Waals surface area contributed by atoms with Crippen molar-refractivity contribution in [3.63, 3.8) is 0 Å². The third-order valence-electron chi connectivity index (χ3n) is 3.10. The minimum Gasteiger partial charge on any atom is -0.379 e. The van der Waals surface area contributed by atoms with Gasteiger partial charge in [0.25, 0.3) is 0 Å². The number of benzene rings is 1. The Labute approximate surface area is 103 Å². The summed E-state index contributed by atoms with van der Waals surface area (Å²) >= 11 is 0. The number of methoxy groups -OCH3 is 1. The predicted octanol–water partition coefficient (Wildman–Crippen LogP) is 3.11. The summed E-state index contributed by atoms with van der Waals surface area (Å²) in [5.74, 6) is 0.00723. The molecule has 96 valence electrons. The zero-order chi connectivity index (χ0) is 13.2. The average Bonchev–Trinajstić information content (AvgIpc) is 2.15. The van der Waals surface area contributed by atoms with Gasteiger partial charge in [-0.3, -0.25) is 0 Å². The first-order chi connectivity index (χ1) is 7.88. The molecule has 1 aromatic carbocycles. The molecule has 0 fully saturated rings. The minimum absolute atomic E-state index is 0.175. The second-order valence-electron chi connectivity index (χ2n) is 4.95. The van der Waals surface area contributed by atoms with Gasteiger partial charge in [-0.1, -0.05) is 19.9 Å². The second kappa shape index (κ2) is 5.61. The van der Waals surface area contributed by atoms with E-state index in [4.69, 9.17) is 10.5 Å². The molecule has 0 heterocycles. The molecule has 2 N–H and O–H groups in total. The summed E-state index contributed by atoms with van der Waals surface area (Å²) in [5.41, 5.74) is 8.50. The molecule has 1 rings (SSSR count). The summed E-state index contributed by atoms with van der Waals surface area (Å²) < 4.78 is 19.4. The third kappa shape index (κ3) is 3.05. The lowest BCUT2D eigenvalue weighted by atomic mass is 9.90. The predicted molar refractivity (Wildman–Crippen MR) is 68.4 cm³/mol. The number of nitrogens with two attached hydrogens (primary N) is 1. The Balaban J connectivity index is 3.15. The van der Waals surface area contributed by atoms with Gasteiger partial charge in [0.2, 0.25) is 0 Å². The summed E-state index contributed by atoms with van der Waals surface area (Å²) in [7, 11) is 1.62. The first kappa shape index (κ1) is 14.1. The van der Waals surface area contributed by atoms with Crippen molar-refractivity contribution in [2.24, 2.45) is 11.7 Å². The number of ether oxygens (including phenoxy) is 1. The fourth-order valence-electron chi connectivity index (χ4n) is 2.35. The Bertz CT molecular complexity index is 367. The third-order valence-corrected chi connectivity index (χ3v) is 3.10. The van der Waals surface area contributed by atoms with Crippen LogP contribution in [0.5, 0.6) is 0 Å². The summed E-state index contributed by atoms with van der Waals surface area (Å²) in [6.07, 6.45) is -0.175. The smallest absolute Gasteiger partial charge is 0.128 e. The van der Waals surface area contributed by atoms with E-state index < -0.39 is 6.04 Å². The van der Waals surface area contributed by atoms with Gasteiger partial charge in [-0.25, -0.2) is 4.39 Å². The van der Waals surface area contributed by atoms with E-state index in [0.717, 1.165) is 11.1 Å². The van der Waals surface area contributed by atoms with Gasteiger partial charge >= 0.3 is 0 Å². The van der Waals surface area contributed by atoms with E-state index in [-0.39, 0.29) is 17.8 Å². The molecule has 0 aliphatic carbocycles. The number of hydrogen-bond acceptors (Lipinski definition) is 2. The lowest BCUT2D eigenvalue weighted by molar-refractivity contribution is 0.0426. The van der Waals surface area contributed by atoms with Crippen molar-refractivity contribution in [3.05, 3.63) is 34.6 Å². The van der Waals surface area contributed by atoms with E-state index >= 15 is 0 Å². The molecule has 2 atom stereocenters. The van der Waals surface area contributed by atoms with Crippen LogP contribution in [0.4, 0.5) is 4.39 Å². The van der Waals surface area contributed by atoms with Gasteiger partial charge in [-0.05, 0) is 37.0 Å². The van der Waals surface area contributed by atoms with Gasteiger partial charge in [0.05, 0.1) is 12.1 Å². The standard InChI is InChI=1S/C14H22FNO/c1-8(2)14(17-5)13(16)12-10(4)6-9(3)7-11(12)15/h6-8,13-14H,16H2,1-5H3. The molecular weight excluding hydrogens is 217 g/mol. The molecule has 0 saturated heterocycles. The van der Waals surface area contributed by atoms with Crippen LogP contribution >= 0.6 is 0 Å². The zero-order valence-electron chi connectivity index (χ0n) is 11.3. The molecule has 0 aromatic heterocycles. The maximum absolute atomic E-state index is 14.0. The lowest BCUT2D eigenvalue weighted by Gasteiger charge is -2.27. The largest absolute Gasteiger partial charge is 0.379 e. The highest BCUT2D eigenvalue weighted by Gasteiger charge is 2.26. The van der Waals surface area contributed by atoms with Crippen molar-refractivity contribution in [2.75, 3.05) is 7.11 Å². The van der Waals surface area contributed by atoms with Gasteiger partial charge in [0.15, 0.2) is 0 Å². The maximum atomic E-state index is 14.0. The molecule has 0 amide bonds. The Kier molecular flexibility index (Phi) is 4.66. The van der Waals surface area contributed by atoms with Crippen molar-refractivity contribution in [1.29, 1.82) is 0 Å². The van der Waals surface area contributed by atoms with Crippen molar-refractivity contribution < 1.29 is 9.13 Å². The van der Waals surface area contributed by atoms with Crippen molar-refractivity contribution in [2.45, 2.75) is 39.8 Å². The van der Waals surface area contributed by atoms with Gasteiger partial charge in [0.1, 0.15) is 5.82 Å². The van der Waals surface area contributed by atoms with Crippen LogP contribution in [-0.2, 0) is 4.74 Å². The van der Waals surface area contributed by atoms with Crippen LogP contribution in [0.2, 0.25) is 0 Å². The molecule has 0 radical (unpaired) electrons. The number of halogens is 1. The number of rotatable bonds is 4. The van der Waals surface area contributed by atoms with Crippen LogP contribution in [0.3, 0.4) is 0 Å². The molecule has 3 heteroatoms. The molecule has 0 aliphatic rings. The molecule has 1 aromatic rings. The SMILES string of the molecule is COC(C(C)C)C(N)c1c(C)cc(C)cc1F. The highest BCUT2D eigenvalue weighted by molar-refractivity contribution is 5.34. The van der Waals surface area contributed by atoms with Crippen molar-refractivity contribution in [3.8, 4) is 0 Å². The molecule has 17 heavy (non-hydrogen) atoms. The fourth-order valence-corrected chi connectivity index (χ4v) is 2.35. The molecule has 2 unspecified atom stereocenters. The summed E-state index contributed by atoms with van der Waals surface area (Å²) in [6.45, 7) is 7.81. The fraction of sp³-hybridized carbons (Fsp3) is 0.571. The van der Waals surface area contributed by atoms with Crippen LogP contribution < -0.4 is 5.73 Å². The first-order valence-electron chi connectivity index (χ1n) is 5.93. The Hall–Kier alpha value is -0.930. The molecular formula is C14H22FNO. The van der Waals surface area contributed by atoms with Crippen LogP contribution in [0.1, 0.15) is 36.6 Å². The molecule has 2 nitrogen and oxygen atoms in total.